The maximum atomic E-state index is 12.3. The lowest BCUT2D eigenvalue weighted by Crippen LogP contribution is -2.56. The van der Waals surface area contributed by atoms with E-state index in [1.54, 1.807) is 19.2 Å². The summed E-state index contributed by atoms with van der Waals surface area (Å²) in [5, 5.41) is 16.3. The molecule has 2 N–H and O–H groups in total. The normalized spacial score (nSPS) is 21.9. The summed E-state index contributed by atoms with van der Waals surface area (Å²) in [4.78, 5) is 28.4. The van der Waals surface area contributed by atoms with E-state index in [1.807, 2.05) is 12.1 Å². The fraction of sp³-hybridized carbons (Fsp3) is 0.500. The van der Waals surface area contributed by atoms with Crippen LogP contribution in [0.1, 0.15) is 44.9 Å². The number of carboxylic acids is 1. The average Bonchev–Trinajstić information content (AvgIpc) is 3.17. The summed E-state index contributed by atoms with van der Waals surface area (Å²) in [6, 6.07) is 7.24. The number of benzene rings is 1. The lowest BCUT2D eigenvalue weighted by molar-refractivity contribution is -0.149. The van der Waals surface area contributed by atoms with Crippen molar-refractivity contribution in [2.24, 2.45) is 5.92 Å². The molecule has 0 bridgehead atoms. The third-order valence-electron chi connectivity index (χ3n) is 5.30. The van der Waals surface area contributed by atoms with Crippen LogP contribution in [0.4, 0.5) is 0 Å². The van der Waals surface area contributed by atoms with Gasteiger partial charge in [0.15, 0.2) is 0 Å². The first-order valence-corrected chi connectivity index (χ1v) is 9.43. The minimum absolute atomic E-state index is 0.0921. The van der Waals surface area contributed by atoms with Crippen molar-refractivity contribution < 1.29 is 24.0 Å². The standard InChI is InChI=1S/C20H25N3O5/c1-13-9-11-20(12-10-13,19(25)26)22-16(24)7-8-17-21-18(23-28-17)14-3-5-15(27-2)6-4-14/h3-6,13H,7-12H2,1-2H3,(H,22,24)(H,25,26). The van der Waals surface area contributed by atoms with Crippen molar-refractivity contribution in [3.63, 3.8) is 0 Å². The number of carbonyl (C=O) groups excluding carboxylic acids is 1. The molecule has 28 heavy (non-hydrogen) atoms. The second-order valence-electron chi connectivity index (χ2n) is 7.36. The van der Waals surface area contributed by atoms with Gasteiger partial charge in [0.25, 0.3) is 0 Å². The first kappa shape index (κ1) is 19.9. The number of methoxy groups -OCH3 is 1. The third-order valence-corrected chi connectivity index (χ3v) is 5.30. The number of aromatic nitrogens is 2. The van der Waals surface area contributed by atoms with E-state index in [-0.39, 0.29) is 18.7 Å². The molecule has 2 aromatic rings. The van der Waals surface area contributed by atoms with Crippen molar-refractivity contribution >= 4 is 11.9 Å². The van der Waals surface area contributed by atoms with Gasteiger partial charge in [-0.1, -0.05) is 12.1 Å². The Bertz CT molecular complexity index is 823. The Morgan fingerprint density at radius 1 is 1.29 bits per heavy atom. The van der Waals surface area contributed by atoms with Crippen molar-refractivity contribution in [2.45, 2.75) is 51.0 Å². The molecular formula is C20H25N3O5. The Balaban J connectivity index is 1.57. The summed E-state index contributed by atoms with van der Waals surface area (Å²) in [5.74, 6) is 0.699. The molecule has 0 saturated heterocycles. The van der Waals surface area contributed by atoms with E-state index in [0.29, 0.717) is 30.5 Å². The molecule has 1 fully saturated rings. The molecule has 1 amide bonds. The number of hydrogen-bond acceptors (Lipinski definition) is 6. The van der Waals surface area contributed by atoms with Gasteiger partial charge in [-0.15, -0.1) is 0 Å². The Morgan fingerprint density at radius 3 is 2.57 bits per heavy atom. The number of nitrogens with zero attached hydrogens (tertiary/aromatic N) is 2. The zero-order chi connectivity index (χ0) is 20.1. The van der Waals surface area contributed by atoms with Crippen LogP contribution in [0.25, 0.3) is 11.4 Å². The molecule has 8 nitrogen and oxygen atoms in total. The highest BCUT2D eigenvalue weighted by Crippen LogP contribution is 2.32. The monoisotopic (exact) mass is 387 g/mol. The van der Waals surface area contributed by atoms with Gasteiger partial charge in [0.2, 0.25) is 17.6 Å². The predicted octanol–water partition coefficient (Wildman–Crippen LogP) is 2.83. The van der Waals surface area contributed by atoms with Crippen molar-refractivity contribution in [2.75, 3.05) is 7.11 Å². The van der Waals surface area contributed by atoms with Gasteiger partial charge in [-0.3, -0.25) is 4.79 Å². The van der Waals surface area contributed by atoms with E-state index in [4.69, 9.17) is 9.26 Å². The van der Waals surface area contributed by atoms with Crippen LogP contribution in [0.3, 0.4) is 0 Å². The molecular weight excluding hydrogens is 362 g/mol. The number of rotatable bonds is 7. The molecule has 0 atom stereocenters. The highest BCUT2D eigenvalue weighted by molar-refractivity contribution is 5.87. The quantitative estimate of drug-likeness (QED) is 0.751. The maximum Gasteiger partial charge on any atom is 0.329 e. The van der Waals surface area contributed by atoms with Crippen molar-refractivity contribution in [3.05, 3.63) is 30.2 Å². The average molecular weight is 387 g/mol. The molecule has 1 aromatic heterocycles. The molecule has 1 aliphatic rings. The van der Waals surface area contributed by atoms with E-state index < -0.39 is 11.5 Å². The molecule has 3 rings (SSSR count). The molecule has 8 heteroatoms. The second kappa shape index (κ2) is 8.41. The van der Waals surface area contributed by atoms with Crippen LogP contribution >= 0.6 is 0 Å². The molecule has 0 spiro atoms. The number of aryl methyl sites for hydroxylation is 1. The molecule has 1 saturated carbocycles. The number of nitrogens with one attached hydrogen (secondary N) is 1. The Kier molecular flexibility index (Phi) is 5.96. The summed E-state index contributed by atoms with van der Waals surface area (Å²) in [5.41, 5.74) is -0.381. The fourth-order valence-corrected chi connectivity index (χ4v) is 3.41. The van der Waals surface area contributed by atoms with Gasteiger partial charge in [-0.05, 0) is 55.9 Å². The molecule has 0 unspecified atom stereocenters. The van der Waals surface area contributed by atoms with E-state index in [9.17, 15) is 14.7 Å². The van der Waals surface area contributed by atoms with E-state index in [1.165, 1.54) is 0 Å². The molecule has 1 aromatic carbocycles. The number of ether oxygens (including phenoxy) is 1. The summed E-state index contributed by atoms with van der Waals surface area (Å²) >= 11 is 0. The van der Waals surface area contributed by atoms with Gasteiger partial charge < -0.3 is 19.7 Å². The van der Waals surface area contributed by atoms with E-state index in [2.05, 4.69) is 22.4 Å². The highest BCUT2D eigenvalue weighted by Gasteiger charge is 2.42. The molecule has 0 radical (unpaired) electrons. The highest BCUT2D eigenvalue weighted by atomic mass is 16.5. The van der Waals surface area contributed by atoms with Crippen molar-refractivity contribution in [1.29, 1.82) is 0 Å². The molecule has 0 aliphatic heterocycles. The predicted molar refractivity (Wildman–Crippen MR) is 101 cm³/mol. The number of carboxylic acid groups (broad SMARTS) is 1. The zero-order valence-corrected chi connectivity index (χ0v) is 16.1. The minimum atomic E-state index is -1.16. The summed E-state index contributed by atoms with van der Waals surface area (Å²) in [6.45, 7) is 2.10. The van der Waals surface area contributed by atoms with Crippen LogP contribution in [-0.2, 0) is 16.0 Å². The smallest absolute Gasteiger partial charge is 0.329 e. The number of carbonyl (C=O) groups is 2. The summed E-state index contributed by atoms with van der Waals surface area (Å²) < 4.78 is 10.3. The first-order valence-electron chi connectivity index (χ1n) is 9.43. The van der Waals surface area contributed by atoms with Gasteiger partial charge in [-0.25, -0.2) is 4.79 Å². The van der Waals surface area contributed by atoms with Gasteiger partial charge in [-0.2, -0.15) is 4.98 Å². The number of hydrogen-bond donors (Lipinski definition) is 2. The van der Waals surface area contributed by atoms with Gasteiger partial charge in [0, 0.05) is 18.4 Å². The van der Waals surface area contributed by atoms with Crippen LogP contribution < -0.4 is 10.1 Å². The Morgan fingerprint density at radius 2 is 1.96 bits per heavy atom. The maximum absolute atomic E-state index is 12.3. The minimum Gasteiger partial charge on any atom is -0.497 e. The molecule has 150 valence electrons. The second-order valence-corrected chi connectivity index (χ2v) is 7.36. The van der Waals surface area contributed by atoms with Crippen molar-refractivity contribution in [1.82, 2.24) is 15.5 Å². The van der Waals surface area contributed by atoms with Gasteiger partial charge >= 0.3 is 5.97 Å². The Labute approximate surface area is 163 Å². The van der Waals surface area contributed by atoms with Crippen molar-refractivity contribution in [3.8, 4) is 17.1 Å². The lowest BCUT2D eigenvalue weighted by Gasteiger charge is -2.36. The van der Waals surface area contributed by atoms with Crippen LogP contribution in [-0.4, -0.2) is 39.8 Å². The van der Waals surface area contributed by atoms with Crippen LogP contribution in [0.2, 0.25) is 0 Å². The van der Waals surface area contributed by atoms with Crippen LogP contribution in [0.15, 0.2) is 28.8 Å². The zero-order valence-electron chi connectivity index (χ0n) is 16.1. The van der Waals surface area contributed by atoms with Crippen LogP contribution in [0.5, 0.6) is 5.75 Å². The fourth-order valence-electron chi connectivity index (χ4n) is 3.41. The number of amides is 1. The Hall–Kier alpha value is -2.90. The molecule has 1 heterocycles. The third kappa shape index (κ3) is 4.49. The van der Waals surface area contributed by atoms with Gasteiger partial charge in [0.1, 0.15) is 11.3 Å². The largest absolute Gasteiger partial charge is 0.497 e. The van der Waals surface area contributed by atoms with Gasteiger partial charge in [0.05, 0.1) is 7.11 Å². The SMILES string of the molecule is COc1ccc(-c2noc(CCC(=O)NC3(C(=O)O)CCC(C)CC3)n2)cc1. The van der Waals surface area contributed by atoms with E-state index >= 15 is 0 Å². The lowest BCUT2D eigenvalue weighted by atomic mass is 9.77. The van der Waals surface area contributed by atoms with E-state index in [0.717, 1.165) is 24.2 Å². The summed E-state index contributed by atoms with van der Waals surface area (Å²) in [7, 11) is 1.59. The first-order chi connectivity index (χ1) is 13.4. The number of aliphatic carboxylic acids is 1. The van der Waals surface area contributed by atoms with Crippen LogP contribution in [0, 0.1) is 5.92 Å². The molecule has 1 aliphatic carbocycles. The summed E-state index contributed by atoms with van der Waals surface area (Å²) in [6.07, 6.45) is 2.84. The topological polar surface area (TPSA) is 115 Å².